The third-order valence-electron chi connectivity index (χ3n) is 5.64. The highest BCUT2D eigenvalue weighted by Gasteiger charge is 2.30. The number of halogens is 2. The minimum atomic E-state index is -2.43. The van der Waals surface area contributed by atoms with Crippen molar-refractivity contribution in [2.45, 2.75) is 44.8 Å². The van der Waals surface area contributed by atoms with E-state index in [9.17, 15) is 13.9 Å². The summed E-state index contributed by atoms with van der Waals surface area (Å²) in [6.45, 7) is 4.50. The third kappa shape index (κ3) is 6.16. The summed E-state index contributed by atoms with van der Waals surface area (Å²) >= 11 is 0. The first-order valence-corrected chi connectivity index (χ1v) is 11.7. The lowest BCUT2D eigenvalue weighted by atomic mass is 10.1. The number of nitrogens with two attached hydrogens (primary N) is 1. The summed E-state index contributed by atoms with van der Waals surface area (Å²) in [7, 11) is 1.62. The zero-order chi connectivity index (χ0) is 25.9. The van der Waals surface area contributed by atoms with Gasteiger partial charge in [-0.1, -0.05) is 6.07 Å². The first kappa shape index (κ1) is 25.5. The van der Waals surface area contributed by atoms with Crippen LogP contribution in [0.3, 0.4) is 0 Å². The number of fused-ring (bicyclic) bond motifs is 1. The van der Waals surface area contributed by atoms with Crippen molar-refractivity contribution < 1.29 is 18.6 Å². The summed E-state index contributed by atoms with van der Waals surface area (Å²) in [6.07, 6.45) is 8.01. The van der Waals surface area contributed by atoms with E-state index in [4.69, 9.17) is 10.5 Å². The van der Waals surface area contributed by atoms with Gasteiger partial charge in [-0.3, -0.25) is 9.08 Å². The molecule has 4 aromatic rings. The van der Waals surface area contributed by atoms with Gasteiger partial charge >= 0.3 is 0 Å². The number of imidazole rings is 1. The van der Waals surface area contributed by atoms with Crippen molar-refractivity contribution in [1.82, 2.24) is 29.5 Å². The number of nitrogen functional groups attached to an aromatic ring is 1. The minimum absolute atomic E-state index is 0.0556. The molecule has 0 aromatic carbocycles. The molecule has 0 unspecified atom stereocenters. The lowest BCUT2D eigenvalue weighted by Crippen LogP contribution is -2.38. The van der Waals surface area contributed by atoms with Crippen LogP contribution in [0.25, 0.3) is 28.2 Å². The van der Waals surface area contributed by atoms with E-state index in [0.717, 1.165) is 34.7 Å². The number of aromatic nitrogens is 5. The molecule has 1 fully saturated rings. The molecule has 1 saturated heterocycles. The molecule has 36 heavy (non-hydrogen) atoms. The Morgan fingerprint density at radius 2 is 2.06 bits per heavy atom. The number of anilines is 1. The predicted molar refractivity (Wildman–Crippen MR) is 134 cm³/mol. The number of piperidine rings is 1. The lowest BCUT2D eigenvalue weighted by molar-refractivity contribution is -0.0208. The average Bonchev–Trinajstić information content (AvgIpc) is 3.43. The minimum Gasteiger partial charge on any atom is -0.496 e. The summed E-state index contributed by atoms with van der Waals surface area (Å²) in [5.74, 6) is -1.29. The van der Waals surface area contributed by atoms with Crippen molar-refractivity contribution >= 4 is 11.5 Å². The first-order valence-electron chi connectivity index (χ1n) is 11.7. The molecule has 4 aromatic heterocycles. The van der Waals surface area contributed by atoms with Gasteiger partial charge in [-0.05, 0) is 38.9 Å². The van der Waals surface area contributed by atoms with Crippen molar-refractivity contribution in [1.29, 1.82) is 0 Å². The van der Waals surface area contributed by atoms with E-state index in [0.29, 0.717) is 24.5 Å². The van der Waals surface area contributed by atoms with Crippen molar-refractivity contribution in [2.75, 3.05) is 25.9 Å². The molecule has 0 amide bonds. The van der Waals surface area contributed by atoms with E-state index >= 15 is 0 Å². The van der Waals surface area contributed by atoms with Gasteiger partial charge in [0.15, 0.2) is 0 Å². The Morgan fingerprint density at radius 1 is 1.25 bits per heavy atom. The Kier molecular flexibility index (Phi) is 7.23. The Hall–Kier alpha value is -3.57. The zero-order valence-corrected chi connectivity index (χ0v) is 20.6. The van der Waals surface area contributed by atoms with Crippen LogP contribution in [-0.4, -0.2) is 61.0 Å². The number of rotatable bonds is 5. The smallest absolute Gasteiger partial charge is 0.260 e. The maximum Gasteiger partial charge on any atom is 0.260 e. The number of nitrogens with one attached hydrogen (secondary N) is 1. The molecular weight excluding hydrogens is 468 g/mol. The van der Waals surface area contributed by atoms with Crippen molar-refractivity contribution in [3.63, 3.8) is 0 Å². The fourth-order valence-corrected chi connectivity index (χ4v) is 3.99. The number of methoxy groups -OCH3 is 1. The Bertz CT molecular complexity index is 1320. The number of ether oxygens (including phenoxy) is 1. The number of alkyl halides is 2. The molecule has 192 valence electrons. The molecule has 0 saturated carbocycles. The molecule has 0 spiro atoms. The maximum atomic E-state index is 12.1. The van der Waals surface area contributed by atoms with Crippen LogP contribution in [0.1, 0.15) is 26.7 Å². The molecule has 0 atom stereocenters. The van der Waals surface area contributed by atoms with Crippen LogP contribution in [0.2, 0.25) is 0 Å². The van der Waals surface area contributed by atoms with Crippen LogP contribution in [0.5, 0.6) is 5.75 Å². The van der Waals surface area contributed by atoms with E-state index in [1.807, 2.05) is 35.0 Å². The van der Waals surface area contributed by atoms with Gasteiger partial charge in [-0.2, -0.15) is 5.10 Å². The van der Waals surface area contributed by atoms with E-state index < -0.39 is 11.5 Å². The second kappa shape index (κ2) is 10.2. The van der Waals surface area contributed by atoms with Crippen LogP contribution >= 0.6 is 0 Å². The van der Waals surface area contributed by atoms with E-state index in [2.05, 4.69) is 20.4 Å². The molecule has 1 aliphatic heterocycles. The van der Waals surface area contributed by atoms with Crippen molar-refractivity contribution in [3.05, 3.63) is 49.1 Å². The fourth-order valence-electron chi connectivity index (χ4n) is 3.99. The molecule has 11 heteroatoms. The third-order valence-corrected chi connectivity index (χ3v) is 5.64. The van der Waals surface area contributed by atoms with E-state index in [-0.39, 0.29) is 13.0 Å². The molecule has 4 N–H and O–H groups in total. The zero-order valence-electron chi connectivity index (χ0n) is 20.6. The number of aliphatic hydroxyl groups is 1. The average molecular weight is 500 g/mol. The SMILES string of the molecule is COc1cc2ncc(-c3cccc(N)n3)n2cc1-c1cnn(CC(C)(C)O)c1.FC1(F)CCCNC1. The monoisotopic (exact) mass is 499 g/mol. The van der Waals surface area contributed by atoms with Gasteiger partial charge in [-0.15, -0.1) is 0 Å². The molecule has 0 bridgehead atoms. The summed E-state index contributed by atoms with van der Waals surface area (Å²) in [6, 6.07) is 7.38. The van der Waals surface area contributed by atoms with Crippen LogP contribution < -0.4 is 15.8 Å². The Balaban J connectivity index is 0.000000325. The largest absolute Gasteiger partial charge is 0.496 e. The number of hydrogen-bond acceptors (Lipinski definition) is 7. The van der Waals surface area contributed by atoms with Gasteiger partial charge in [0.25, 0.3) is 5.92 Å². The summed E-state index contributed by atoms with van der Waals surface area (Å²) in [4.78, 5) is 8.87. The van der Waals surface area contributed by atoms with Gasteiger partial charge in [0.05, 0.1) is 49.6 Å². The number of pyridine rings is 2. The molecule has 5 rings (SSSR count). The summed E-state index contributed by atoms with van der Waals surface area (Å²) in [5.41, 5.74) is 9.03. The molecular formula is C25H31F2N7O2. The van der Waals surface area contributed by atoms with E-state index in [1.54, 1.807) is 44.1 Å². The highest BCUT2D eigenvalue weighted by molar-refractivity contribution is 5.73. The molecule has 9 nitrogen and oxygen atoms in total. The van der Waals surface area contributed by atoms with Gasteiger partial charge < -0.3 is 20.9 Å². The molecule has 0 radical (unpaired) electrons. The second-order valence-corrected chi connectivity index (χ2v) is 9.45. The molecule has 5 heterocycles. The van der Waals surface area contributed by atoms with Crippen LogP contribution in [0.4, 0.5) is 14.6 Å². The highest BCUT2D eigenvalue weighted by atomic mass is 19.3. The maximum absolute atomic E-state index is 12.1. The van der Waals surface area contributed by atoms with Crippen molar-refractivity contribution in [3.8, 4) is 28.3 Å². The van der Waals surface area contributed by atoms with Crippen LogP contribution in [-0.2, 0) is 6.54 Å². The summed E-state index contributed by atoms with van der Waals surface area (Å²) in [5, 5.41) is 17.0. The first-order chi connectivity index (χ1) is 17.0. The fraction of sp³-hybridized carbons (Fsp3) is 0.400. The normalized spacial score (nSPS) is 15.4. The molecule has 1 aliphatic rings. The van der Waals surface area contributed by atoms with Gasteiger partial charge in [0, 0.05) is 36.0 Å². The number of hydrogen-bond donors (Lipinski definition) is 3. The Labute approximate surface area is 207 Å². The lowest BCUT2D eigenvalue weighted by Gasteiger charge is -2.21. The topological polar surface area (TPSA) is 116 Å². The van der Waals surface area contributed by atoms with Gasteiger partial charge in [0.2, 0.25) is 0 Å². The van der Waals surface area contributed by atoms with Crippen LogP contribution in [0, 0.1) is 0 Å². The molecule has 0 aliphatic carbocycles. The predicted octanol–water partition coefficient (Wildman–Crippen LogP) is 3.63. The van der Waals surface area contributed by atoms with E-state index in [1.165, 1.54) is 0 Å². The highest BCUT2D eigenvalue weighted by Crippen LogP contribution is 2.33. The summed E-state index contributed by atoms with van der Waals surface area (Å²) < 4.78 is 33.5. The number of nitrogens with zero attached hydrogens (tertiary/aromatic N) is 5. The van der Waals surface area contributed by atoms with Gasteiger partial charge in [-0.25, -0.2) is 18.7 Å². The standard InChI is InChI=1S/C20H22N6O2.C5H9F2N/c1-20(2,27)12-25-10-13(8-23-25)14-11-26-16(15-5-4-6-18(21)24-15)9-22-19(26)7-17(14)28-3;6-5(7)2-1-3-8-4-5/h4-11,27H,12H2,1-3H3,(H2,21,24);8H,1-4H2. The van der Waals surface area contributed by atoms with Gasteiger partial charge in [0.1, 0.15) is 17.2 Å². The second-order valence-electron chi connectivity index (χ2n) is 9.45. The quantitative estimate of drug-likeness (QED) is 0.384. The van der Waals surface area contributed by atoms with Crippen LogP contribution in [0.15, 0.2) is 49.1 Å². The Morgan fingerprint density at radius 3 is 2.67 bits per heavy atom. The van der Waals surface area contributed by atoms with Crippen molar-refractivity contribution in [2.24, 2.45) is 0 Å².